The molecule has 0 atom stereocenters. The van der Waals surface area contributed by atoms with Crippen LogP contribution in [0.3, 0.4) is 0 Å². The zero-order valence-electron chi connectivity index (χ0n) is 35.6. The minimum atomic E-state index is -1.18. The molecule has 0 saturated carbocycles. The Morgan fingerprint density at radius 1 is 0.318 bits per heavy atom. The first kappa shape index (κ1) is 46.0. The highest BCUT2D eigenvalue weighted by Gasteiger charge is 2.28. The van der Waals surface area contributed by atoms with Crippen LogP contribution in [0, 0.1) is 0 Å². The highest BCUT2D eigenvalue weighted by atomic mass is 32.2. The van der Waals surface area contributed by atoms with Crippen LogP contribution in [0.25, 0.3) is 21.5 Å². The second-order valence-electron chi connectivity index (χ2n) is 14.4. The summed E-state index contributed by atoms with van der Waals surface area (Å²) in [4.78, 5) is 29.7. The van der Waals surface area contributed by atoms with E-state index >= 15 is 0 Å². The van der Waals surface area contributed by atoms with Gasteiger partial charge in [0.25, 0.3) is 0 Å². The summed E-state index contributed by atoms with van der Waals surface area (Å²) in [5, 5.41) is 43.0. The Bertz CT molecular complexity index is 2800. The summed E-state index contributed by atoms with van der Waals surface area (Å²) < 4.78 is 0. The van der Waals surface area contributed by atoms with E-state index in [0.29, 0.717) is 10.8 Å². The zero-order valence-corrected chi connectivity index (χ0v) is 37.2. The van der Waals surface area contributed by atoms with Gasteiger partial charge in [-0.15, -0.1) is 0 Å². The van der Waals surface area contributed by atoms with E-state index in [4.69, 9.17) is 10.2 Å². The third kappa shape index (κ3) is 11.7. The molecule has 2 N–H and O–H groups in total. The predicted molar refractivity (Wildman–Crippen MR) is 264 cm³/mol. The largest absolute Gasteiger partial charge is 0.872 e. The molecule has 8 heteroatoms. The molecule has 0 heterocycles. The Hall–Kier alpha value is -8.04. The lowest BCUT2D eigenvalue weighted by Gasteiger charge is -2.13. The molecule has 0 spiro atoms. The number of hydrogen-bond acceptors (Lipinski definition) is 4. The van der Waals surface area contributed by atoms with Gasteiger partial charge >= 0.3 is 11.9 Å². The van der Waals surface area contributed by atoms with Crippen molar-refractivity contribution in [3.05, 3.63) is 266 Å². The Labute approximate surface area is 390 Å². The van der Waals surface area contributed by atoms with E-state index in [-0.39, 0.29) is 32.9 Å². The average molecular weight is 901 g/mol. The normalized spacial score (nSPS) is 10.5. The van der Waals surface area contributed by atoms with Gasteiger partial charge in [-0.05, 0) is 100 Å². The van der Waals surface area contributed by atoms with Gasteiger partial charge in [-0.1, -0.05) is 187 Å². The SMILES string of the molecule is O=C(O)c1c([O-])ccc2ccccc12.O=C(O)c1ccc2ccccc2c1[O-].c1ccc([S+](c2ccccc2)c2ccccc2)cc1.c1ccc([S+](c2ccccc2)c2ccccc2)cc1. The van der Waals surface area contributed by atoms with Gasteiger partial charge in [-0.25, -0.2) is 9.59 Å². The summed E-state index contributed by atoms with van der Waals surface area (Å²) in [6, 6.07) is 84.1. The molecule has 66 heavy (non-hydrogen) atoms. The zero-order chi connectivity index (χ0) is 46.1. The van der Waals surface area contributed by atoms with E-state index < -0.39 is 23.4 Å². The molecule has 10 aromatic rings. The van der Waals surface area contributed by atoms with Crippen molar-refractivity contribution >= 4 is 55.3 Å². The summed E-state index contributed by atoms with van der Waals surface area (Å²) in [5.74, 6) is -3.22. The molecule has 0 fully saturated rings. The standard InChI is InChI=1S/2C18H15S.2C11H8O3/c2*1-4-10-16(11-5-1)19(17-12-6-2-7-13-17)18-14-8-3-9-15-18;12-9-6-5-7-3-1-2-4-8(7)10(9)11(13)14;12-10-8-4-2-1-3-7(8)5-6-9(10)11(13)14/h2*1-15H;2*1-6,12H,(H,13,14)/q2*+1;;/p-2. The third-order valence-electron chi connectivity index (χ3n) is 10.1. The van der Waals surface area contributed by atoms with Gasteiger partial charge < -0.3 is 20.4 Å². The van der Waals surface area contributed by atoms with Crippen LogP contribution < -0.4 is 10.2 Å². The third-order valence-corrected chi connectivity index (χ3v) is 14.5. The summed E-state index contributed by atoms with van der Waals surface area (Å²) >= 11 is 0. The van der Waals surface area contributed by atoms with Crippen LogP contribution in [0.5, 0.6) is 11.5 Å². The fraction of sp³-hybridized carbons (Fsp3) is 0. The minimum absolute atomic E-state index is 0.0146. The average Bonchev–Trinajstić information content (AvgIpc) is 3.37. The highest BCUT2D eigenvalue weighted by molar-refractivity contribution is 7.97. The summed E-state index contributed by atoms with van der Waals surface area (Å²) in [6.07, 6.45) is 0. The van der Waals surface area contributed by atoms with Gasteiger partial charge in [-0.3, -0.25) is 0 Å². The van der Waals surface area contributed by atoms with Crippen molar-refractivity contribution in [1.29, 1.82) is 0 Å². The second-order valence-corrected chi connectivity index (χ2v) is 18.5. The van der Waals surface area contributed by atoms with Crippen molar-refractivity contribution in [3.8, 4) is 11.5 Å². The molecule has 324 valence electrons. The molecule has 0 aromatic heterocycles. The molecule has 0 aliphatic rings. The van der Waals surface area contributed by atoms with Gasteiger partial charge in [0.05, 0.1) is 32.9 Å². The fourth-order valence-electron chi connectivity index (χ4n) is 7.04. The Kier molecular flexibility index (Phi) is 16.1. The molecule has 0 amide bonds. The lowest BCUT2D eigenvalue weighted by molar-refractivity contribution is -0.268. The maximum atomic E-state index is 11.6. The quantitative estimate of drug-likeness (QED) is 0.147. The van der Waals surface area contributed by atoms with E-state index in [9.17, 15) is 19.8 Å². The molecule has 0 radical (unpaired) electrons. The van der Waals surface area contributed by atoms with Crippen molar-refractivity contribution in [1.82, 2.24) is 0 Å². The van der Waals surface area contributed by atoms with Crippen LogP contribution in [0.15, 0.2) is 284 Å². The van der Waals surface area contributed by atoms with Crippen LogP contribution in [-0.4, -0.2) is 22.2 Å². The lowest BCUT2D eigenvalue weighted by Crippen LogP contribution is -2.04. The summed E-state index contributed by atoms with van der Waals surface area (Å²) in [7, 11) is -0.0293. The molecule has 0 aliphatic carbocycles. The molecule has 10 aromatic carbocycles. The van der Waals surface area contributed by atoms with Crippen LogP contribution in [0.2, 0.25) is 0 Å². The number of benzene rings is 10. The fourth-order valence-corrected chi connectivity index (χ4v) is 11.2. The van der Waals surface area contributed by atoms with Crippen LogP contribution in [-0.2, 0) is 21.8 Å². The summed E-state index contributed by atoms with van der Waals surface area (Å²) in [5.41, 5.74) is -0.327. The highest BCUT2D eigenvalue weighted by Crippen LogP contribution is 2.32. The van der Waals surface area contributed by atoms with Gasteiger partial charge in [0.1, 0.15) is 0 Å². The van der Waals surface area contributed by atoms with Crippen molar-refractivity contribution in [2.24, 2.45) is 0 Å². The number of carboxylic acids is 2. The molecule has 0 unspecified atom stereocenters. The van der Waals surface area contributed by atoms with Gasteiger partial charge in [-0.2, -0.15) is 0 Å². The smallest absolute Gasteiger partial charge is 0.335 e. The first-order valence-electron chi connectivity index (χ1n) is 20.9. The number of carbonyl (C=O) groups is 2. The monoisotopic (exact) mass is 900 g/mol. The van der Waals surface area contributed by atoms with Crippen molar-refractivity contribution in [3.63, 3.8) is 0 Å². The maximum Gasteiger partial charge on any atom is 0.335 e. The Balaban J connectivity index is 0.000000132. The van der Waals surface area contributed by atoms with Crippen molar-refractivity contribution < 1.29 is 30.0 Å². The van der Waals surface area contributed by atoms with Gasteiger partial charge in [0.2, 0.25) is 0 Å². The molecular weight excluding hydrogens is 857 g/mol. The molecule has 0 bridgehead atoms. The van der Waals surface area contributed by atoms with Crippen LogP contribution >= 0.6 is 0 Å². The summed E-state index contributed by atoms with van der Waals surface area (Å²) in [6.45, 7) is 0. The first-order valence-corrected chi connectivity index (χ1v) is 23.4. The molecule has 10 rings (SSSR count). The molecule has 0 saturated heterocycles. The lowest BCUT2D eigenvalue weighted by atomic mass is 10.0. The maximum absolute atomic E-state index is 11.6. The Morgan fingerprint density at radius 3 is 0.939 bits per heavy atom. The topological polar surface area (TPSA) is 121 Å². The number of aromatic carboxylic acids is 2. The minimum Gasteiger partial charge on any atom is -0.872 e. The number of carboxylic acid groups (broad SMARTS) is 2. The number of rotatable bonds is 8. The Morgan fingerprint density at radius 2 is 0.606 bits per heavy atom. The number of hydrogen-bond donors (Lipinski definition) is 2. The first-order chi connectivity index (χ1) is 32.3. The molecular formula is C58H44O6S2. The molecule has 0 aliphatic heterocycles. The predicted octanol–water partition coefficient (Wildman–Crippen LogP) is 12.8. The van der Waals surface area contributed by atoms with Crippen LogP contribution in [0.4, 0.5) is 0 Å². The second kappa shape index (κ2) is 23.1. The van der Waals surface area contributed by atoms with Gasteiger partial charge in [0, 0.05) is 0 Å². The van der Waals surface area contributed by atoms with E-state index in [2.05, 4.69) is 182 Å². The van der Waals surface area contributed by atoms with E-state index in [1.165, 1.54) is 41.5 Å². The van der Waals surface area contributed by atoms with E-state index in [1.807, 2.05) is 6.07 Å². The van der Waals surface area contributed by atoms with Crippen molar-refractivity contribution in [2.75, 3.05) is 0 Å². The number of fused-ring (bicyclic) bond motifs is 2. The van der Waals surface area contributed by atoms with E-state index in [1.54, 1.807) is 54.6 Å². The van der Waals surface area contributed by atoms with Gasteiger partial charge in [0.15, 0.2) is 29.4 Å². The van der Waals surface area contributed by atoms with E-state index in [0.717, 1.165) is 10.8 Å². The molecule has 6 nitrogen and oxygen atoms in total. The van der Waals surface area contributed by atoms with Crippen molar-refractivity contribution in [2.45, 2.75) is 29.4 Å². The van der Waals surface area contributed by atoms with Crippen LogP contribution in [0.1, 0.15) is 20.7 Å².